The molecule has 116 valence electrons. The number of nitrogens with zero attached hydrogens (tertiary/aromatic N) is 2. The highest BCUT2D eigenvalue weighted by Gasteiger charge is 2.30. The molecule has 0 N–H and O–H groups in total. The Morgan fingerprint density at radius 1 is 1.29 bits per heavy atom. The molecule has 0 saturated carbocycles. The van der Waals surface area contributed by atoms with Gasteiger partial charge in [0.25, 0.3) is 0 Å². The molecule has 3 rings (SSSR count). The van der Waals surface area contributed by atoms with Gasteiger partial charge >= 0.3 is 0 Å². The average Bonchev–Trinajstić information content (AvgIpc) is 2.83. The molecule has 0 spiro atoms. The predicted octanol–water partition coefficient (Wildman–Crippen LogP) is 2.85. The topological polar surface area (TPSA) is 23.6 Å². The average molecular weight is 306 g/mol. The molecular weight excluding hydrogens is 280 g/mol. The molecule has 1 aromatic heterocycles. The van der Waals surface area contributed by atoms with Gasteiger partial charge in [0, 0.05) is 22.2 Å². The SMILES string of the molecule is CCc1sc2c(c1C)CCN(C(=O)C1CCN(C)CC1)C2. The van der Waals surface area contributed by atoms with Crippen LogP contribution in [-0.4, -0.2) is 42.4 Å². The Labute approximate surface area is 131 Å². The van der Waals surface area contributed by atoms with Crippen LogP contribution in [0.2, 0.25) is 0 Å². The largest absolute Gasteiger partial charge is 0.337 e. The van der Waals surface area contributed by atoms with Crippen molar-refractivity contribution in [2.24, 2.45) is 5.92 Å². The summed E-state index contributed by atoms with van der Waals surface area (Å²) in [5.41, 5.74) is 3.02. The molecule has 2 aliphatic rings. The minimum absolute atomic E-state index is 0.259. The van der Waals surface area contributed by atoms with E-state index in [1.165, 1.54) is 20.9 Å². The zero-order valence-electron chi connectivity index (χ0n) is 13.4. The monoisotopic (exact) mass is 306 g/mol. The van der Waals surface area contributed by atoms with Gasteiger partial charge in [0.15, 0.2) is 0 Å². The number of amides is 1. The van der Waals surface area contributed by atoms with E-state index >= 15 is 0 Å². The summed E-state index contributed by atoms with van der Waals surface area (Å²) in [7, 11) is 2.15. The first kappa shape index (κ1) is 15.0. The lowest BCUT2D eigenvalue weighted by Gasteiger charge is -2.34. The Bertz CT molecular complexity index is 529. The van der Waals surface area contributed by atoms with Crippen LogP contribution in [0.3, 0.4) is 0 Å². The minimum Gasteiger partial charge on any atom is -0.337 e. The van der Waals surface area contributed by atoms with Crippen LogP contribution in [0, 0.1) is 12.8 Å². The summed E-state index contributed by atoms with van der Waals surface area (Å²) in [5.74, 6) is 0.660. The lowest BCUT2D eigenvalue weighted by Crippen LogP contribution is -2.43. The molecule has 0 bridgehead atoms. The maximum Gasteiger partial charge on any atom is 0.226 e. The van der Waals surface area contributed by atoms with Crippen LogP contribution in [0.15, 0.2) is 0 Å². The van der Waals surface area contributed by atoms with Crippen molar-refractivity contribution in [1.29, 1.82) is 0 Å². The highest BCUT2D eigenvalue weighted by molar-refractivity contribution is 7.12. The number of piperidine rings is 1. The molecule has 3 heterocycles. The summed E-state index contributed by atoms with van der Waals surface area (Å²) in [5, 5.41) is 0. The second-order valence-corrected chi connectivity index (χ2v) is 7.68. The number of rotatable bonds is 2. The summed E-state index contributed by atoms with van der Waals surface area (Å²) in [6.07, 6.45) is 4.23. The number of fused-ring (bicyclic) bond motifs is 1. The van der Waals surface area contributed by atoms with Crippen LogP contribution in [0.5, 0.6) is 0 Å². The quantitative estimate of drug-likeness (QED) is 0.839. The molecule has 1 fully saturated rings. The second kappa shape index (κ2) is 6.09. The van der Waals surface area contributed by atoms with Crippen LogP contribution < -0.4 is 0 Å². The number of hydrogen-bond donors (Lipinski definition) is 0. The fourth-order valence-corrected chi connectivity index (χ4v) is 4.97. The molecular formula is C17H26N2OS. The van der Waals surface area contributed by atoms with Crippen LogP contribution in [0.1, 0.15) is 40.6 Å². The maximum absolute atomic E-state index is 12.7. The first-order valence-electron chi connectivity index (χ1n) is 8.17. The van der Waals surface area contributed by atoms with Gasteiger partial charge in [-0.15, -0.1) is 11.3 Å². The number of thiophene rings is 1. The number of carbonyl (C=O) groups excluding carboxylic acids is 1. The lowest BCUT2D eigenvalue weighted by molar-refractivity contribution is -0.137. The van der Waals surface area contributed by atoms with Crippen molar-refractivity contribution in [3.8, 4) is 0 Å². The van der Waals surface area contributed by atoms with E-state index in [2.05, 4.69) is 30.7 Å². The normalized spacial score (nSPS) is 20.6. The van der Waals surface area contributed by atoms with Gasteiger partial charge in [-0.3, -0.25) is 4.79 Å². The molecule has 0 aliphatic carbocycles. The number of carbonyl (C=O) groups is 1. The molecule has 1 saturated heterocycles. The molecule has 3 nitrogen and oxygen atoms in total. The van der Waals surface area contributed by atoms with Gasteiger partial charge < -0.3 is 9.80 Å². The number of aryl methyl sites for hydroxylation is 1. The van der Waals surface area contributed by atoms with E-state index in [1.807, 2.05) is 11.3 Å². The van der Waals surface area contributed by atoms with Crippen molar-refractivity contribution in [3.05, 3.63) is 20.9 Å². The summed E-state index contributed by atoms with van der Waals surface area (Å²) in [6, 6.07) is 0. The van der Waals surface area contributed by atoms with E-state index in [0.29, 0.717) is 5.91 Å². The van der Waals surface area contributed by atoms with Crippen molar-refractivity contribution in [2.75, 3.05) is 26.7 Å². The molecule has 0 atom stereocenters. The predicted molar refractivity (Wildman–Crippen MR) is 87.8 cm³/mol. The molecule has 0 radical (unpaired) electrons. The number of likely N-dealkylation sites (tertiary alicyclic amines) is 1. The van der Waals surface area contributed by atoms with Gasteiger partial charge in [-0.05, 0) is 63.9 Å². The van der Waals surface area contributed by atoms with Crippen molar-refractivity contribution in [3.63, 3.8) is 0 Å². The smallest absolute Gasteiger partial charge is 0.226 e. The van der Waals surface area contributed by atoms with Crippen molar-refractivity contribution >= 4 is 17.2 Å². The molecule has 0 unspecified atom stereocenters. The Morgan fingerprint density at radius 2 is 2.00 bits per heavy atom. The van der Waals surface area contributed by atoms with Crippen molar-refractivity contribution in [1.82, 2.24) is 9.80 Å². The Balaban J connectivity index is 1.69. The molecule has 2 aliphatic heterocycles. The second-order valence-electron chi connectivity index (χ2n) is 6.49. The van der Waals surface area contributed by atoms with Gasteiger partial charge in [0.1, 0.15) is 0 Å². The molecule has 0 aromatic carbocycles. The number of hydrogen-bond acceptors (Lipinski definition) is 3. The lowest BCUT2D eigenvalue weighted by atomic mass is 9.94. The maximum atomic E-state index is 12.7. The van der Waals surface area contributed by atoms with Crippen molar-refractivity contribution in [2.45, 2.75) is 46.1 Å². The van der Waals surface area contributed by atoms with Crippen LogP contribution >= 0.6 is 11.3 Å². The van der Waals surface area contributed by atoms with Crippen LogP contribution in [0.25, 0.3) is 0 Å². The van der Waals surface area contributed by atoms with E-state index in [4.69, 9.17) is 0 Å². The molecule has 1 aromatic rings. The van der Waals surface area contributed by atoms with E-state index in [-0.39, 0.29) is 5.92 Å². The van der Waals surface area contributed by atoms with Crippen molar-refractivity contribution < 1.29 is 4.79 Å². The third-order valence-electron chi connectivity index (χ3n) is 5.12. The molecule has 1 amide bonds. The van der Waals surface area contributed by atoms with Gasteiger partial charge in [-0.25, -0.2) is 0 Å². The highest BCUT2D eigenvalue weighted by atomic mass is 32.1. The zero-order chi connectivity index (χ0) is 15.0. The van der Waals surface area contributed by atoms with E-state index < -0.39 is 0 Å². The Hall–Kier alpha value is -0.870. The van der Waals surface area contributed by atoms with Gasteiger partial charge in [0.05, 0.1) is 6.54 Å². The zero-order valence-corrected chi connectivity index (χ0v) is 14.3. The summed E-state index contributed by atoms with van der Waals surface area (Å²) >= 11 is 1.93. The first-order chi connectivity index (χ1) is 10.1. The summed E-state index contributed by atoms with van der Waals surface area (Å²) < 4.78 is 0. The Morgan fingerprint density at radius 3 is 2.67 bits per heavy atom. The van der Waals surface area contributed by atoms with E-state index in [1.54, 1.807) is 0 Å². The molecule has 21 heavy (non-hydrogen) atoms. The van der Waals surface area contributed by atoms with E-state index in [0.717, 1.165) is 51.9 Å². The van der Waals surface area contributed by atoms with Crippen LogP contribution in [0.4, 0.5) is 0 Å². The van der Waals surface area contributed by atoms with Gasteiger partial charge in [0.2, 0.25) is 5.91 Å². The highest BCUT2D eigenvalue weighted by Crippen LogP contribution is 2.34. The first-order valence-corrected chi connectivity index (χ1v) is 8.99. The van der Waals surface area contributed by atoms with E-state index in [9.17, 15) is 4.79 Å². The minimum atomic E-state index is 0.259. The summed E-state index contributed by atoms with van der Waals surface area (Å²) in [6.45, 7) is 8.38. The fraction of sp³-hybridized carbons (Fsp3) is 0.706. The Kier molecular flexibility index (Phi) is 4.36. The third-order valence-corrected chi connectivity index (χ3v) is 6.58. The van der Waals surface area contributed by atoms with Gasteiger partial charge in [-0.1, -0.05) is 6.92 Å². The summed E-state index contributed by atoms with van der Waals surface area (Å²) in [4.78, 5) is 20.1. The fourth-order valence-electron chi connectivity index (χ4n) is 3.66. The third kappa shape index (κ3) is 2.88. The van der Waals surface area contributed by atoms with Crippen LogP contribution in [-0.2, 0) is 24.2 Å². The molecule has 4 heteroatoms. The van der Waals surface area contributed by atoms with Gasteiger partial charge in [-0.2, -0.15) is 0 Å². The standard InChI is InChI=1S/C17H26N2OS/c1-4-15-12(2)14-7-10-19(11-16(14)21-15)17(20)13-5-8-18(3)9-6-13/h13H,4-11H2,1-3H3.